The number of hydrogen-bond acceptors (Lipinski definition) is 11. The summed E-state index contributed by atoms with van der Waals surface area (Å²) in [6, 6.07) is 8.74. The largest absolute Gasteiger partial charge is 0.507 e. The van der Waals surface area contributed by atoms with Gasteiger partial charge in [-0.2, -0.15) is 0 Å². The van der Waals surface area contributed by atoms with E-state index in [1.807, 2.05) is 0 Å². The predicted octanol–water partition coefficient (Wildman–Crippen LogP) is 1.18. The molecule has 1 fully saturated rings. The second kappa shape index (κ2) is 10.1. The number of aromatic hydroxyl groups is 1. The molecular weight excluding hydrogens is 476 g/mol. The highest BCUT2D eigenvalue weighted by Gasteiger charge is 2.46. The summed E-state index contributed by atoms with van der Waals surface area (Å²) in [5, 5.41) is 41.9. The molecule has 0 aliphatic carbocycles. The molecule has 5 atom stereocenters. The quantitative estimate of drug-likeness (QED) is 0.293. The lowest BCUT2D eigenvalue weighted by atomic mass is 9.89. The molecule has 4 rings (SSSR count). The van der Waals surface area contributed by atoms with Crippen LogP contribution in [-0.4, -0.2) is 63.4 Å². The molecule has 4 N–H and O–H groups in total. The second-order valence-electron chi connectivity index (χ2n) is 8.34. The van der Waals surface area contributed by atoms with Crippen molar-refractivity contribution in [1.29, 1.82) is 0 Å². The van der Waals surface area contributed by atoms with Crippen molar-refractivity contribution in [2.24, 2.45) is 0 Å². The van der Waals surface area contributed by atoms with Crippen molar-refractivity contribution in [3.8, 4) is 22.6 Å². The number of esters is 2. The first kappa shape index (κ1) is 25.3. The van der Waals surface area contributed by atoms with Gasteiger partial charge in [0.25, 0.3) is 0 Å². The first-order chi connectivity index (χ1) is 17.1. The smallest absolute Gasteiger partial charge is 0.308 e. The molecule has 36 heavy (non-hydrogen) atoms. The van der Waals surface area contributed by atoms with E-state index in [4.69, 9.17) is 18.6 Å². The zero-order chi connectivity index (χ0) is 26.1. The minimum absolute atomic E-state index is 0.0531. The summed E-state index contributed by atoms with van der Waals surface area (Å²) in [7, 11) is 0. The third-order valence-corrected chi connectivity index (χ3v) is 5.83. The highest BCUT2D eigenvalue weighted by Crippen LogP contribution is 2.40. The highest BCUT2D eigenvalue weighted by molar-refractivity contribution is 5.86. The average Bonchev–Trinajstić information content (AvgIpc) is 2.83. The van der Waals surface area contributed by atoms with Gasteiger partial charge in [0.1, 0.15) is 60.5 Å². The molecule has 3 aromatic rings. The molecule has 1 aromatic heterocycles. The van der Waals surface area contributed by atoms with Gasteiger partial charge < -0.3 is 39.1 Å². The summed E-state index contributed by atoms with van der Waals surface area (Å²) in [6.45, 7) is 2.01. The van der Waals surface area contributed by atoms with E-state index in [0.717, 1.165) is 6.92 Å². The Morgan fingerprint density at radius 1 is 0.944 bits per heavy atom. The summed E-state index contributed by atoms with van der Waals surface area (Å²) in [5.41, 5.74) is -0.0150. The van der Waals surface area contributed by atoms with Gasteiger partial charge in [0, 0.05) is 13.8 Å². The van der Waals surface area contributed by atoms with Crippen molar-refractivity contribution >= 4 is 22.9 Å². The Morgan fingerprint density at radius 3 is 2.28 bits per heavy atom. The third-order valence-electron chi connectivity index (χ3n) is 5.83. The molecule has 2 heterocycles. The van der Waals surface area contributed by atoms with Crippen LogP contribution in [0.1, 0.15) is 25.5 Å². The molecule has 0 spiro atoms. The molecule has 1 aliphatic rings. The van der Waals surface area contributed by atoms with Crippen LogP contribution in [0.5, 0.6) is 11.5 Å². The maximum Gasteiger partial charge on any atom is 0.308 e. The fourth-order valence-electron chi connectivity index (χ4n) is 4.08. The van der Waals surface area contributed by atoms with Crippen molar-refractivity contribution in [2.75, 3.05) is 6.61 Å². The van der Waals surface area contributed by atoms with E-state index in [1.165, 1.54) is 37.5 Å². The van der Waals surface area contributed by atoms with E-state index in [-0.39, 0.29) is 27.8 Å². The van der Waals surface area contributed by atoms with Crippen LogP contribution in [0, 0.1) is 0 Å². The zero-order valence-corrected chi connectivity index (χ0v) is 19.3. The van der Waals surface area contributed by atoms with Crippen molar-refractivity contribution in [2.45, 2.75) is 44.4 Å². The molecule has 0 saturated carbocycles. The Labute approximate surface area is 204 Å². The first-order valence-electron chi connectivity index (χ1n) is 11.0. The monoisotopic (exact) mass is 500 g/mol. The minimum Gasteiger partial charge on any atom is -0.507 e. The van der Waals surface area contributed by atoms with Gasteiger partial charge in [-0.05, 0) is 29.8 Å². The van der Waals surface area contributed by atoms with Crippen LogP contribution in [0.15, 0.2) is 51.9 Å². The molecule has 1 aliphatic heterocycles. The maximum absolute atomic E-state index is 13.3. The molecule has 0 bridgehead atoms. The van der Waals surface area contributed by atoms with E-state index >= 15 is 0 Å². The van der Waals surface area contributed by atoms with Gasteiger partial charge in [0.2, 0.25) is 5.43 Å². The van der Waals surface area contributed by atoms with Gasteiger partial charge in [-0.15, -0.1) is 0 Å². The number of aliphatic hydroxyl groups is 3. The number of hydrogen-bond donors (Lipinski definition) is 4. The minimum atomic E-state index is -1.71. The summed E-state index contributed by atoms with van der Waals surface area (Å²) < 4.78 is 21.3. The molecule has 11 nitrogen and oxygen atoms in total. The molecule has 2 aromatic carbocycles. The predicted molar refractivity (Wildman–Crippen MR) is 123 cm³/mol. The van der Waals surface area contributed by atoms with Gasteiger partial charge in [-0.1, -0.05) is 12.1 Å². The van der Waals surface area contributed by atoms with Crippen LogP contribution in [0.3, 0.4) is 0 Å². The van der Waals surface area contributed by atoms with Crippen LogP contribution >= 0.6 is 0 Å². The van der Waals surface area contributed by atoms with E-state index < -0.39 is 54.5 Å². The number of ether oxygens (including phenoxy) is 3. The number of aliphatic hydroxyl groups excluding tert-OH is 3. The fourth-order valence-corrected chi connectivity index (χ4v) is 4.08. The molecule has 190 valence electrons. The lowest BCUT2D eigenvalue weighted by Gasteiger charge is -2.40. The standard InChI is InChI=1S/C25H24O11/c1-11(26)33-10-18-21(30)22(31)23(32)25(36-18)19-17(28)8-7-15-20(29)16(9-34-24(15)19)13-3-5-14(6-4-13)35-12(2)27/h3-9,18,21-23,25,28,30-32H,10H2,1-2H3. The maximum atomic E-state index is 13.3. The topological polar surface area (TPSA) is 173 Å². The SMILES string of the molecule is CC(=O)OCC1OC(c2c(O)ccc3c(=O)c(-c4ccc(OC(C)=O)cc4)coc23)C(O)C(O)C1O. The van der Waals surface area contributed by atoms with Crippen molar-refractivity contribution < 1.29 is 48.6 Å². The second-order valence-corrected chi connectivity index (χ2v) is 8.34. The van der Waals surface area contributed by atoms with E-state index in [2.05, 4.69) is 0 Å². The lowest BCUT2D eigenvalue weighted by Crippen LogP contribution is -2.55. The first-order valence-corrected chi connectivity index (χ1v) is 11.0. The molecule has 1 saturated heterocycles. The molecule has 5 unspecified atom stereocenters. The zero-order valence-electron chi connectivity index (χ0n) is 19.3. The van der Waals surface area contributed by atoms with Gasteiger partial charge in [-0.3, -0.25) is 14.4 Å². The van der Waals surface area contributed by atoms with Gasteiger partial charge in [0.05, 0.1) is 16.5 Å². The number of benzene rings is 2. The van der Waals surface area contributed by atoms with Gasteiger partial charge >= 0.3 is 11.9 Å². The Balaban J connectivity index is 1.75. The van der Waals surface area contributed by atoms with Crippen LogP contribution < -0.4 is 10.2 Å². The third kappa shape index (κ3) is 4.82. The number of fused-ring (bicyclic) bond motifs is 1. The fraction of sp³-hybridized carbons (Fsp3) is 0.320. The van der Waals surface area contributed by atoms with Gasteiger partial charge in [0.15, 0.2) is 0 Å². The van der Waals surface area contributed by atoms with Gasteiger partial charge in [-0.25, -0.2) is 0 Å². The van der Waals surface area contributed by atoms with Crippen LogP contribution in [-0.2, 0) is 19.1 Å². The molecule has 0 radical (unpaired) electrons. The van der Waals surface area contributed by atoms with E-state index in [9.17, 15) is 34.8 Å². The van der Waals surface area contributed by atoms with Crippen molar-refractivity contribution in [3.63, 3.8) is 0 Å². The molecular formula is C25H24O11. The Bertz CT molecular complexity index is 1340. The highest BCUT2D eigenvalue weighted by atomic mass is 16.6. The Morgan fingerprint density at radius 2 is 1.64 bits per heavy atom. The number of carbonyl (C=O) groups is 2. The summed E-state index contributed by atoms with van der Waals surface area (Å²) in [6.07, 6.45) is -6.48. The van der Waals surface area contributed by atoms with E-state index in [0.29, 0.717) is 11.3 Å². The van der Waals surface area contributed by atoms with Crippen LogP contribution in [0.4, 0.5) is 0 Å². The number of phenols is 1. The summed E-state index contributed by atoms with van der Waals surface area (Å²) in [5.74, 6) is -1.21. The average molecular weight is 500 g/mol. The molecule has 11 heteroatoms. The normalized spacial score (nSPS) is 23.9. The van der Waals surface area contributed by atoms with Crippen molar-refractivity contribution in [3.05, 3.63) is 58.4 Å². The van der Waals surface area contributed by atoms with E-state index in [1.54, 1.807) is 12.1 Å². The summed E-state index contributed by atoms with van der Waals surface area (Å²) in [4.78, 5) is 35.6. The van der Waals surface area contributed by atoms with Crippen LogP contribution in [0.2, 0.25) is 0 Å². The number of rotatable bonds is 5. The lowest BCUT2D eigenvalue weighted by molar-refractivity contribution is -0.234. The Hall–Kier alpha value is -3.77. The van der Waals surface area contributed by atoms with Crippen molar-refractivity contribution in [1.82, 2.24) is 0 Å². The summed E-state index contributed by atoms with van der Waals surface area (Å²) >= 11 is 0. The molecule has 0 amide bonds. The number of carbonyl (C=O) groups excluding carboxylic acids is 2. The Kier molecular flexibility index (Phi) is 7.09. The van der Waals surface area contributed by atoms with Crippen LogP contribution in [0.25, 0.3) is 22.1 Å². The number of phenolic OH excluding ortho intramolecular Hbond substituents is 1.